The van der Waals surface area contributed by atoms with Crippen LogP contribution in [0.25, 0.3) is 0 Å². The Morgan fingerprint density at radius 2 is 2.07 bits per heavy atom. The molecule has 0 aromatic heterocycles. The molecule has 10 heteroatoms. The topological polar surface area (TPSA) is 122 Å². The Hall–Kier alpha value is -1.26. The van der Waals surface area contributed by atoms with Crippen LogP contribution in [0, 0.1) is 0 Å². The summed E-state index contributed by atoms with van der Waals surface area (Å²) in [7, 11) is -3.97. The molecule has 2 aliphatic rings. The molecular formula is C5H4N4O4S2. The first-order chi connectivity index (χ1) is 6.88. The number of primary sulfonamides is 1. The van der Waals surface area contributed by atoms with E-state index < -0.39 is 32.6 Å². The van der Waals surface area contributed by atoms with Gasteiger partial charge in [-0.05, 0) is 11.8 Å². The van der Waals surface area contributed by atoms with Crippen molar-refractivity contribution in [3.63, 3.8) is 0 Å². The molecule has 2 rings (SSSR count). The molecule has 0 radical (unpaired) electrons. The molecule has 0 atom stereocenters. The molecule has 0 fully saturated rings. The van der Waals surface area contributed by atoms with Gasteiger partial charge in [-0.25, -0.2) is 13.6 Å². The standard InChI is InChI=1S/C5H4N4O4S2/c6-15(12,13)5-8-9-3(11)1-2(10)7-4(9)14-5/h1H2,(H2,6,12,13). The van der Waals surface area contributed by atoms with Crippen LogP contribution in [0.1, 0.15) is 6.42 Å². The number of carbonyl (C=O) groups excluding carboxylic acids is 2. The average Bonchev–Trinajstić information content (AvgIpc) is 2.46. The Bertz CT molecular complexity index is 519. The SMILES string of the molecule is NS(=O)(=O)C1=NN2C(=O)CC(=O)N=C2S1. The monoisotopic (exact) mass is 248 g/mol. The van der Waals surface area contributed by atoms with Crippen LogP contribution in [0.2, 0.25) is 0 Å². The molecule has 2 amide bonds. The van der Waals surface area contributed by atoms with Gasteiger partial charge in [0.2, 0.25) is 9.54 Å². The summed E-state index contributed by atoms with van der Waals surface area (Å²) in [5.74, 6) is -1.24. The number of rotatable bonds is 0. The summed E-state index contributed by atoms with van der Waals surface area (Å²) < 4.78 is 21.4. The maximum Gasteiger partial charge on any atom is 0.264 e. The van der Waals surface area contributed by atoms with Crippen LogP contribution in [0.15, 0.2) is 10.1 Å². The number of nitrogens with two attached hydrogens (primary N) is 1. The van der Waals surface area contributed by atoms with E-state index in [0.717, 1.165) is 5.01 Å². The van der Waals surface area contributed by atoms with Gasteiger partial charge in [-0.1, -0.05) is 0 Å². The van der Waals surface area contributed by atoms with Crippen molar-refractivity contribution in [2.24, 2.45) is 15.2 Å². The van der Waals surface area contributed by atoms with Gasteiger partial charge in [0.25, 0.3) is 21.8 Å². The number of nitrogens with zero attached hydrogens (tertiary/aromatic N) is 3. The van der Waals surface area contributed by atoms with E-state index in [1.807, 2.05) is 0 Å². The zero-order valence-corrected chi connectivity index (χ0v) is 8.71. The summed E-state index contributed by atoms with van der Waals surface area (Å²) in [5, 5.41) is 8.98. The first-order valence-corrected chi connectivity index (χ1v) is 5.98. The third kappa shape index (κ3) is 1.78. The molecule has 0 aliphatic carbocycles. The van der Waals surface area contributed by atoms with Crippen molar-refractivity contribution in [3.05, 3.63) is 0 Å². The third-order valence-electron chi connectivity index (χ3n) is 1.54. The van der Waals surface area contributed by atoms with Crippen LogP contribution >= 0.6 is 11.8 Å². The molecule has 0 spiro atoms. The van der Waals surface area contributed by atoms with Gasteiger partial charge in [-0.15, -0.1) is 5.10 Å². The van der Waals surface area contributed by atoms with E-state index in [2.05, 4.69) is 10.1 Å². The van der Waals surface area contributed by atoms with Crippen LogP contribution in [-0.2, 0) is 19.6 Å². The number of amides is 2. The van der Waals surface area contributed by atoms with Crippen molar-refractivity contribution in [3.8, 4) is 0 Å². The summed E-state index contributed by atoms with van der Waals surface area (Å²) in [6.45, 7) is 0. The number of thioether (sulfide) groups is 1. The molecule has 0 aromatic carbocycles. The van der Waals surface area contributed by atoms with Crippen molar-refractivity contribution < 1.29 is 18.0 Å². The summed E-state index contributed by atoms with van der Waals surface area (Å²) >= 11 is 0.580. The molecule has 2 heterocycles. The number of hydrazone groups is 1. The second-order valence-corrected chi connectivity index (χ2v) is 5.37. The van der Waals surface area contributed by atoms with Crippen LogP contribution in [-0.4, -0.2) is 34.8 Å². The second kappa shape index (κ2) is 3.12. The van der Waals surface area contributed by atoms with Crippen molar-refractivity contribution in [1.29, 1.82) is 0 Å². The van der Waals surface area contributed by atoms with Gasteiger partial charge in [0.05, 0.1) is 0 Å². The Labute approximate surface area is 88.3 Å². The lowest BCUT2D eigenvalue weighted by molar-refractivity contribution is -0.133. The van der Waals surface area contributed by atoms with E-state index in [1.54, 1.807) is 0 Å². The van der Waals surface area contributed by atoms with Gasteiger partial charge >= 0.3 is 0 Å². The molecule has 0 unspecified atom stereocenters. The fraction of sp³-hybridized carbons (Fsp3) is 0.200. The molecule has 80 valence electrons. The number of amidine groups is 1. The zero-order chi connectivity index (χ0) is 11.2. The predicted octanol–water partition coefficient (Wildman–Crippen LogP) is -1.59. The number of hydrogen-bond acceptors (Lipinski definition) is 6. The van der Waals surface area contributed by atoms with Gasteiger partial charge in [-0.3, -0.25) is 9.59 Å². The number of sulfonamides is 1. The Morgan fingerprint density at radius 3 is 2.67 bits per heavy atom. The average molecular weight is 248 g/mol. The highest BCUT2D eigenvalue weighted by Crippen LogP contribution is 2.26. The van der Waals surface area contributed by atoms with E-state index in [4.69, 9.17) is 5.14 Å². The van der Waals surface area contributed by atoms with Crippen LogP contribution in [0.3, 0.4) is 0 Å². The van der Waals surface area contributed by atoms with Crippen LogP contribution in [0.4, 0.5) is 0 Å². The lowest BCUT2D eigenvalue weighted by Crippen LogP contribution is -2.33. The van der Waals surface area contributed by atoms with Crippen molar-refractivity contribution in [1.82, 2.24) is 5.01 Å². The number of hydrogen-bond donors (Lipinski definition) is 1. The van der Waals surface area contributed by atoms with Gasteiger partial charge in [0.1, 0.15) is 6.42 Å². The zero-order valence-electron chi connectivity index (χ0n) is 7.08. The molecule has 15 heavy (non-hydrogen) atoms. The molecule has 0 saturated heterocycles. The van der Waals surface area contributed by atoms with Gasteiger partial charge in [-0.2, -0.15) is 10.0 Å². The number of aliphatic imine (C=N–C) groups is 1. The predicted molar refractivity (Wildman–Crippen MR) is 52.0 cm³/mol. The molecule has 2 N–H and O–H groups in total. The number of fused-ring (bicyclic) bond motifs is 1. The Morgan fingerprint density at radius 1 is 1.40 bits per heavy atom. The van der Waals surface area contributed by atoms with Gasteiger partial charge in [0.15, 0.2) is 0 Å². The molecule has 0 bridgehead atoms. The normalized spacial score (nSPS) is 21.3. The van der Waals surface area contributed by atoms with E-state index in [9.17, 15) is 18.0 Å². The van der Waals surface area contributed by atoms with Gasteiger partial charge < -0.3 is 0 Å². The lowest BCUT2D eigenvalue weighted by atomic mass is 10.3. The minimum Gasteiger partial charge on any atom is -0.272 e. The maximum absolute atomic E-state index is 11.2. The summed E-state index contributed by atoms with van der Waals surface area (Å²) in [6, 6.07) is 0. The van der Waals surface area contributed by atoms with Gasteiger partial charge in [0, 0.05) is 0 Å². The fourth-order valence-corrected chi connectivity index (χ4v) is 2.50. The van der Waals surface area contributed by atoms with E-state index in [1.165, 1.54) is 0 Å². The quantitative estimate of drug-likeness (QED) is 0.517. The minimum atomic E-state index is -3.97. The molecule has 0 aromatic rings. The second-order valence-electron chi connectivity index (χ2n) is 2.68. The largest absolute Gasteiger partial charge is 0.272 e. The molecule has 8 nitrogen and oxygen atoms in total. The lowest BCUT2D eigenvalue weighted by Gasteiger charge is -2.14. The highest BCUT2D eigenvalue weighted by molar-refractivity contribution is 8.42. The Kier molecular flexibility index (Phi) is 2.13. The highest BCUT2D eigenvalue weighted by Gasteiger charge is 2.37. The van der Waals surface area contributed by atoms with Crippen molar-refractivity contribution in [2.45, 2.75) is 6.42 Å². The smallest absolute Gasteiger partial charge is 0.264 e. The summed E-state index contributed by atoms with van der Waals surface area (Å²) in [5.41, 5.74) is 0. The first-order valence-electron chi connectivity index (χ1n) is 3.61. The van der Waals surface area contributed by atoms with Crippen molar-refractivity contribution in [2.75, 3.05) is 0 Å². The van der Waals surface area contributed by atoms with E-state index in [-0.39, 0.29) is 5.17 Å². The maximum atomic E-state index is 11.2. The molecule has 0 saturated carbocycles. The summed E-state index contributed by atoms with van der Waals surface area (Å²) in [6.07, 6.45) is -0.411. The van der Waals surface area contributed by atoms with E-state index in [0.29, 0.717) is 11.8 Å². The van der Waals surface area contributed by atoms with E-state index >= 15 is 0 Å². The minimum absolute atomic E-state index is 0.0692. The number of carbonyl (C=O) groups is 2. The highest BCUT2D eigenvalue weighted by atomic mass is 32.3. The van der Waals surface area contributed by atoms with Crippen molar-refractivity contribution >= 4 is 43.1 Å². The fourth-order valence-electron chi connectivity index (χ4n) is 0.964. The Balaban J connectivity index is 2.43. The molecular weight excluding hydrogens is 244 g/mol. The third-order valence-corrected chi connectivity index (χ3v) is 3.76. The van der Waals surface area contributed by atoms with Crippen LogP contribution in [0.5, 0.6) is 0 Å². The molecule has 2 aliphatic heterocycles. The summed E-state index contributed by atoms with van der Waals surface area (Å²) in [4.78, 5) is 25.6. The van der Waals surface area contributed by atoms with Crippen LogP contribution < -0.4 is 5.14 Å². The first kappa shape index (κ1) is 10.3.